The summed E-state index contributed by atoms with van der Waals surface area (Å²) in [5.41, 5.74) is 1.93. The molecule has 19 heavy (non-hydrogen) atoms. The number of ether oxygens (including phenoxy) is 1. The zero-order valence-corrected chi connectivity index (χ0v) is 11.0. The minimum atomic E-state index is -0.214. The maximum absolute atomic E-state index is 13.1. The van der Waals surface area contributed by atoms with Gasteiger partial charge in [-0.2, -0.15) is 0 Å². The zero-order valence-electron chi connectivity index (χ0n) is 10.2. The van der Waals surface area contributed by atoms with Gasteiger partial charge < -0.3 is 10.1 Å². The van der Waals surface area contributed by atoms with Crippen molar-refractivity contribution < 1.29 is 9.13 Å². The quantitative estimate of drug-likeness (QED) is 0.919. The number of anilines is 1. The van der Waals surface area contributed by atoms with Crippen LogP contribution in [0.3, 0.4) is 0 Å². The molecule has 98 valence electrons. The standard InChI is InChI=1S/C15H13ClFNO/c16-11-1-4-13(5-2-11)18-9-14-8-10-7-12(17)3-6-15(10)19-14/h1-7,14,18H,8-9H2. The maximum atomic E-state index is 13.1. The van der Waals surface area contributed by atoms with Gasteiger partial charge in [-0.3, -0.25) is 0 Å². The normalized spacial score (nSPS) is 16.8. The second-order valence-corrected chi connectivity index (χ2v) is 5.02. The van der Waals surface area contributed by atoms with E-state index in [1.54, 1.807) is 6.07 Å². The van der Waals surface area contributed by atoms with Crippen LogP contribution >= 0.6 is 11.6 Å². The average molecular weight is 278 g/mol. The lowest BCUT2D eigenvalue weighted by atomic mass is 10.1. The highest BCUT2D eigenvalue weighted by Crippen LogP contribution is 2.29. The largest absolute Gasteiger partial charge is 0.488 e. The summed E-state index contributed by atoms with van der Waals surface area (Å²) in [6.45, 7) is 0.679. The number of nitrogens with one attached hydrogen (secondary N) is 1. The van der Waals surface area contributed by atoms with Gasteiger partial charge in [-0.1, -0.05) is 11.6 Å². The minimum Gasteiger partial charge on any atom is -0.488 e. The fourth-order valence-electron chi connectivity index (χ4n) is 2.20. The first kappa shape index (κ1) is 12.3. The molecule has 3 rings (SSSR count). The Morgan fingerprint density at radius 2 is 2.00 bits per heavy atom. The molecule has 0 saturated heterocycles. The molecule has 2 aromatic rings. The Hall–Kier alpha value is -1.74. The third kappa shape index (κ3) is 2.82. The average Bonchev–Trinajstić information content (AvgIpc) is 2.80. The van der Waals surface area contributed by atoms with Gasteiger partial charge in [-0.15, -0.1) is 0 Å². The van der Waals surface area contributed by atoms with Crippen molar-refractivity contribution >= 4 is 17.3 Å². The lowest BCUT2D eigenvalue weighted by Gasteiger charge is -2.12. The molecule has 1 aliphatic heterocycles. The van der Waals surface area contributed by atoms with Gasteiger partial charge in [0.25, 0.3) is 0 Å². The van der Waals surface area contributed by atoms with Gasteiger partial charge in [-0.25, -0.2) is 4.39 Å². The van der Waals surface area contributed by atoms with Gasteiger partial charge in [0.05, 0.1) is 6.54 Å². The van der Waals surface area contributed by atoms with Crippen LogP contribution in [0.1, 0.15) is 5.56 Å². The zero-order chi connectivity index (χ0) is 13.2. The van der Waals surface area contributed by atoms with Crippen LogP contribution in [0.5, 0.6) is 5.75 Å². The van der Waals surface area contributed by atoms with Crippen LogP contribution < -0.4 is 10.1 Å². The predicted molar refractivity (Wildman–Crippen MR) is 74.5 cm³/mol. The third-order valence-electron chi connectivity index (χ3n) is 3.14. The molecule has 2 aromatic carbocycles. The minimum absolute atomic E-state index is 0.0347. The molecular weight excluding hydrogens is 265 g/mol. The highest BCUT2D eigenvalue weighted by molar-refractivity contribution is 6.30. The Balaban J connectivity index is 1.60. The lowest BCUT2D eigenvalue weighted by molar-refractivity contribution is 0.246. The van der Waals surface area contributed by atoms with Crippen LogP contribution in [0.25, 0.3) is 0 Å². The lowest BCUT2D eigenvalue weighted by Crippen LogP contribution is -2.23. The molecule has 1 aliphatic rings. The summed E-state index contributed by atoms with van der Waals surface area (Å²) in [6.07, 6.45) is 0.765. The van der Waals surface area contributed by atoms with E-state index in [2.05, 4.69) is 5.32 Å². The highest BCUT2D eigenvalue weighted by atomic mass is 35.5. The molecule has 2 nitrogen and oxygen atoms in total. The number of rotatable bonds is 3. The van der Waals surface area contributed by atoms with Crippen molar-refractivity contribution in [2.75, 3.05) is 11.9 Å². The molecule has 1 heterocycles. The number of halogens is 2. The first-order chi connectivity index (χ1) is 9.20. The smallest absolute Gasteiger partial charge is 0.123 e. The summed E-state index contributed by atoms with van der Waals surface area (Å²) in [6, 6.07) is 12.2. The Kier molecular flexibility index (Phi) is 3.30. The van der Waals surface area contributed by atoms with Crippen molar-refractivity contribution in [3.8, 4) is 5.75 Å². The number of fused-ring (bicyclic) bond motifs is 1. The van der Waals surface area contributed by atoms with Crippen LogP contribution in [0.15, 0.2) is 42.5 Å². The van der Waals surface area contributed by atoms with Crippen molar-refractivity contribution in [2.45, 2.75) is 12.5 Å². The van der Waals surface area contributed by atoms with E-state index in [0.717, 1.165) is 23.4 Å². The molecule has 0 spiro atoms. The summed E-state index contributed by atoms with van der Waals surface area (Å²) in [7, 11) is 0. The molecule has 1 N–H and O–H groups in total. The summed E-state index contributed by atoms with van der Waals surface area (Å²) < 4.78 is 18.8. The fourth-order valence-corrected chi connectivity index (χ4v) is 2.33. The Labute approximate surface area is 116 Å². The first-order valence-electron chi connectivity index (χ1n) is 6.15. The molecule has 0 aliphatic carbocycles. The molecule has 0 saturated carbocycles. The monoisotopic (exact) mass is 277 g/mol. The summed E-state index contributed by atoms with van der Waals surface area (Å²) in [5.74, 6) is 0.568. The van der Waals surface area contributed by atoms with Gasteiger partial charge in [-0.05, 0) is 42.5 Å². The van der Waals surface area contributed by atoms with Crippen LogP contribution in [0, 0.1) is 5.82 Å². The van der Waals surface area contributed by atoms with E-state index >= 15 is 0 Å². The van der Waals surface area contributed by atoms with Gasteiger partial charge in [0, 0.05) is 22.7 Å². The fraction of sp³-hybridized carbons (Fsp3) is 0.200. The Bertz CT molecular complexity index is 585. The Morgan fingerprint density at radius 3 is 2.79 bits per heavy atom. The molecule has 4 heteroatoms. The van der Waals surface area contributed by atoms with Crippen molar-refractivity contribution in [3.05, 3.63) is 58.9 Å². The first-order valence-corrected chi connectivity index (χ1v) is 6.53. The molecule has 0 amide bonds. The second-order valence-electron chi connectivity index (χ2n) is 4.58. The van der Waals surface area contributed by atoms with Crippen LogP contribution in [-0.2, 0) is 6.42 Å². The molecule has 0 fully saturated rings. The van der Waals surface area contributed by atoms with E-state index in [1.807, 2.05) is 24.3 Å². The van der Waals surface area contributed by atoms with E-state index in [0.29, 0.717) is 11.6 Å². The van der Waals surface area contributed by atoms with Crippen LogP contribution in [0.2, 0.25) is 5.02 Å². The Morgan fingerprint density at radius 1 is 1.21 bits per heavy atom. The molecule has 1 atom stereocenters. The van der Waals surface area contributed by atoms with E-state index in [9.17, 15) is 4.39 Å². The van der Waals surface area contributed by atoms with Gasteiger partial charge >= 0.3 is 0 Å². The molecule has 0 radical (unpaired) electrons. The van der Waals surface area contributed by atoms with Crippen molar-refractivity contribution in [2.24, 2.45) is 0 Å². The molecular formula is C15H13ClFNO. The predicted octanol–water partition coefficient (Wildman–Crippen LogP) is 3.89. The second kappa shape index (κ2) is 5.10. The van der Waals surface area contributed by atoms with Gasteiger partial charge in [0.2, 0.25) is 0 Å². The van der Waals surface area contributed by atoms with E-state index in [4.69, 9.17) is 16.3 Å². The van der Waals surface area contributed by atoms with Crippen molar-refractivity contribution in [3.63, 3.8) is 0 Å². The summed E-state index contributed by atoms with van der Waals surface area (Å²) in [4.78, 5) is 0. The number of hydrogen-bond donors (Lipinski definition) is 1. The number of hydrogen-bond acceptors (Lipinski definition) is 2. The molecule has 0 bridgehead atoms. The van der Waals surface area contributed by atoms with Crippen LogP contribution in [0.4, 0.5) is 10.1 Å². The third-order valence-corrected chi connectivity index (χ3v) is 3.39. The van der Waals surface area contributed by atoms with Crippen LogP contribution in [-0.4, -0.2) is 12.6 Å². The molecule has 0 aromatic heterocycles. The maximum Gasteiger partial charge on any atom is 0.123 e. The summed E-state index contributed by atoms with van der Waals surface area (Å²) >= 11 is 5.83. The SMILES string of the molecule is Fc1ccc2c(c1)CC(CNc1ccc(Cl)cc1)O2. The topological polar surface area (TPSA) is 21.3 Å². The number of benzene rings is 2. The van der Waals surface area contributed by atoms with Gasteiger partial charge in [0.1, 0.15) is 17.7 Å². The highest BCUT2D eigenvalue weighted by Gasteiger charge is 2.22. The van der Waals surface area contributed by atoms with Crippen molar-refractivity contribution in [1.82, 2.24) is 0 Å². The van der Waals surface area contributed by atoms with Crippen molar-refractivity contribution in [1.29, 1.82) is 0 Å². The van der Waals surface area contributed by atoms with E-state index < -0.39 is 0 Å². The van der Waals surface area contributed by atoms with Gasteiger partial charge in [0.15, 0.2) is 0 Å². The molecule has 1 unspecified atom stereocenters. The van der Waals surface area contributed by atoms with E-state index in [1.165, 1.54) is 12.1 Å². The van der Waals surface area contributed by atoms with E-state index in [-0.39, 0.29) is 11.9 Å². The summed E-state index contributed by atoms with van der Waals surface area (Å²) in [5, 5.41) is 4.00.